The SMILES string of the molecule is CCON(C)C(OCC)(OCC)C(=O)O. The third-order valence-corrected chi connectivity index (χ3v) is 1.69. The van der Waals surface area contributed by atoms with Crippen LogP contribution in [-0.4, -0.2) is 48.9 Å². The summed E-state index contributed by atoms with van der Waals surface area (Å²) < 4.78 is 10.2. The van der Waals surface area contributed by atoms with Gasteiger partial charge in [0.15, 0.2) is 0 Å². The number of hydroxylamine groups is 2. The molecule has 0 saturated heterocycles. The zero-order chi connectivity index (χ0) is 11.9. The van der Waals surface area contributed by atoms with E-state index in [2.05, 4.69) is 0 Å². The largest absolute Gasteiger partial charge is 0.476 e. The summed E-state index contributed by atoms with van der Waals surface area (Å²) in [7, 11) is 1.46. The molecule has 0 aliphatic rings. The van der Waals surface area contributed by atoms with E-state index in [0.29, 0.717) is 6.61 Å². The lowest BCUT2D eigenvalue weighted by Gasteiger charge is -2.35. The molecular weight excluding hydrogens is 202 g/mol. The quantitative estimate of drug-likeness (QED) is 0.480. The van der Waals surface area contributed by atoms with Crippen LogP contribution in [0.15, 0.2) is 0 Å². The van der Waals surface area contributed by atoms with Gasteiger partial charge in [0, 0.05) is 20.3 Å². The van der Waals surface area contributed by atoms with Crippen LogP contribution in [0.4, 0.5) is 0 Å². The topological polar surface area (TPSA) is 68.2 Å². The summed E-state index contributed by atoms with van der Waals surface area (Å²) in [5.41, 5.74) is 0. The minimum Gasteiger partial charge on any atom is -0.476 e. The first-order valence-corrected chi connectivity index (χ1v) is 4.93. The number of likely N-dealkylation sites (N-methyl/N-ethyl adjacent to an activating group) is 1. The molecule has 0 rings (SSSR count). The number of hydrogen-bond acceptors (Lipinski definition) is 5. The van der Waals surface area contributed by atoms with E-state index < -0.39 is 11.9 Å². The van der Waals surface area contributed by atoms with Crippen LogP contribution in [0.3, 0.4) is 0 Å². The Hall–Kier alpha value is -0.690. The first kappa shape index (κ1) is 14.3. The van der Waals surface area contributed by atoms with Crippen LogP contribution in [0.5, 0.6) is 0 Å². The van der Waals surface area contributed by atoms with Crippen molar-refractivity contribution in [2.24, 2.45) is 0 Å². The van der Waals surface area contributed by atoms with Crippen molar-refractivity contribution >= 4 is 5.97 Å². The Balaban J connectivity index is 4.83. The molecule has 0 aromatic rings. The van der Waals surface area contributed by atoms with Crippen LogP contribution in [0.1, 0.15) is 20.8 Å². The highest BCUT2D eigenvalue weighted by Crippen LogP contribution is 2.18. The molecule has 1 N–H and O–H groups in total. The minimum atomic E-state index is -1.86. The summed E-state index contributed by atoms with van der Waals surface area (Å²) in [4.78, 5) is 16.2. The van der Waals surface area contributed by atoms with Gasteiger partial charge in [-0.05, 0) is 20.8 Å². The van der Waals surface area contributed by atoms with E-state index in [1.807, 2.05) is 0 Å². The van der Waals surface area contributed by atoms with E-state index in [0.717, 1.165) is 5.06 Å². The predicted molar refractivity (Wildman–Crippen MR) is 53.0 cm³/mol. The third-order valence-electron chi connectivity index (χ3n) is 1.69. The Morgan fingerprint density at radius 2 is 1.67 bits per heavy atom. The molecule has 0 bridgehead atoms. The molecule has 15 heavy (non-hydrogen) atoms. The van der Waals surface area contributed by atoms with Crippen molar-refractivity contribution in [1.29, 1.82) is 0 Å². The third kappa shape index (κ3) is 3.42. The fraction of sp³-hybridized carbons (Fsp3) is 0.889. The Morgan fingerprint density at radius 1 is 1.20 bits per heavy atom. The molecule has 90 valence electrons. The van der Waals surface area contributed by atoms with E-state index in [9.17, 15) is 4.79 Å². The smallest absolute Gasteiger partial charge is 0.384 e. The van der Waals surface area contributed by atoms with Gasteiger partial charge in [-0.1, -0.05) is 0 Å². The molecule has 0 aromatic heterocycles. The molecule has 0 fully saturated rings. The molecule has 0 atom stereocenters. The minimum absolute atomic E-state index is 0.212. The molecule has 0 aliphatic heterocycles. The highest BCUT2D eigenvalue weighted by Gasteiger charge is 2.46. The second kappa shape index (κ2) is 6.73. The fourth-order valence-corrected chi connectivity index (χ4v) is 1.15. The summed E-state index contributed by atoms with van der Waals surface area (Å²) in [6.45, 7) is 5.90. The van der Waals surface area contributed by atoms with Crippen LogP contribution in [0, 0.1) is 0 Å². The van der Waals surface area contributed by atoms with Gasteiger partial charge < -0.3 is 14.6 Å². The maximum atomic E-state index is 11.1. The average Bonchev–Trinajstić information content (AvgIpc) is 2.17. The molecule has 0 amide bonds. The summed E-state index contributed by atoms with van der Waals surface area (Å²) >= 11 is 0. The number of carboxylic acid groups (broad SMARTS) is 1. The van der Waals surface area contributed by atoms with E-state index in [4.69, 9.17) is 19.4 Å². The number of rotatable bonds is 8. The van der Waals surface area contributed by atoms with E-state index in [-0.39, 0.29) is 13.2 Å². The molecule has 0 radical (unpaired) electrons. The summed E-state index contributed by atoms with van der Waals surface area (Å²) in [6.07, 6.45) is 0. The second-order valence-electron chi connectivity index (χ2n) is 2.67. The lowest BCUT2D eigenvalue weighted by molar-refractivity contribution is -0.381. The van der Waals surface area contributed by atoms with Gasteiger partial charge in [0.1, 0.15) is 0 Å². The molecule has 0 unspecified atom stereocenters. The van der Waals surface area contributed by atoms with Crippen molar-refractivity contribution in [2.45, 2.75) is 26.7 Å². The Morgan fingerprint density at radius 3 is 1.93 bits per heavy atom. The molecular formula is C9H19NO5. The number of ether oxygens (including phenoxy) is 2. The normalized spacial score (nSPS) is 12.1. The summed E-state index contributed by atoms with van der Waals surface area (Å²) in [6, 6.07) is 0. The monoisotopic (exact) mass is 221 g/mol. The second-order valence-corrected chi connectivity index (χ2v) is 2.67. The molecule has 6 nitrogen and oxygen atoms in total. The van der Waals surface area contributed by atoms with Gasteiger partial charge in [0.25, 0.3) is 0 Å². The number of carbonyl (C=O) groups is 1. The molecule has 0 heterocycles. The summed E-state index contributed by atoms with van der Waals surface area (Å²) in [5.74, 6) is -3.10. The Kier molecular flexibility index (Phi) is 6.42. The zero-order valence-electron chi connectivity index (χ0n) is 9.65. The lowest BCUT2D eigenvalue weighted by Crippen LogP contribution is -2.57. The average molecular weight is 221 g/mol. The standard InChI is InChI=1S/C9H19NO5/c1-5-13-9(8(11)12,14-6-2)10(4)15-7-3/h5-7H2,1-4H3,(H,11,12). The van der Waals surface area contributed by atoms with Gasteiger partial charge in [-0.15, -0.1) is 5.06 Å². The predicted octanol–water partition coefficient (Wildman–Crippen LogP) is 0.681. The fourth-order valence-electron chi connectivity index (χ4n) is 1.15. The number of aliphatic carboxylic acids is 1. The van der Waals surface area contributed by atoms with Crippen molar-refractivity contribution < 1.29 is 24.2 Å². The van der Waals surface area contributed by atoms with Crippen molar-refractivity contribution in [3.05, 3.63) is 0 Å². The molecule has 0 saturated carbocycles. The van der Waals surface area contributed by atoms with Crippen LogP contribution < -0.4 is 0 Å². The highest BCUT2D eigenvalue weighted by molar-refractivity contribution is 5.74. The maximum absolute atomic E-state index is 11.1. The van der Waals surface area contributed by atoms with Gasteiger partial charge in [-0.2, -0.15) is 0 Å². The van der Waals surface area contributed by atoms with Gasteiger partial charge in [0.05, 0.1) is 6.61 Å². The van der Waals surface area contributed by atoms with Gasteiger partial charge >= 0.3 is 11.9 Å². The first-order chi connectivity index (χ1) is 7.05. The molecule has 0 spiro atoms. The van der Waals surface area contributed by atoms with Crippen molar-refractivity contribution in [2.75, 3.05) is 26.9 Å². The lowest BCUT2D eigenvalue weighted by atomic mass is 10.4. The van der Waals surface area contributed by atoms with Gasteiger partial charge in [0.2, 0.25) is 0 Å². The van der Waals surface area contributed by atoms with Crippen molar-refractivity contribution in [3.8, 4) is 0 Å². The summed E-state index contributed by atoms with van der Waals surface area (Å²) in [5, 5.41) is 10.2. The zero-order valence-corrected chi connectivity index (χ0v) is 9.65. The van der Waals surface area contributed by atoms with E-state index >= 15 is 0 Å². The Labute approximate surface area is 89.7 Å². The molecule has 0 aliphatic carbocycles. The molecule has 6 heteroatoms. The Bertz CT molecular complexity index is 191. The highest BCUT2D eigenvalue weighted by atomic mass is 16.8. The number of nitrogens with zero attached hydrogens (tertiary/aromatic N) is 1. The first-order valence-electron chi connectivity index (χ1n) is 4.93. The maximum Gasteiger partial charge on any atom is 0.384 e. The van der Waals surface area contributed by atoms with Gasteiger partial charge in [-0.3, -0.25) is 4.84 Å². The van der Waals surface area contributed by atoms with Crippen LogP contribution in [0.25, 0.3) is 0 Å². The van der Waals surface area contributed by atoms with Gasteiger partial charge in [-0.25, -0.2) is 4.79 Å². The van der Waals surface area contributed by atoms with Crippen molar-refractivity contribution in [3.63, 3.8) is 0 Å². The number of hydrogen-bond donors (Lipinski definition) is 1. The number of carboxylic acids is 1. The van der Waals surface area contributed by atoms with Crippen LogP contribution >= 0.6 is 0 Å². The van der Waals surface area contributed by atoms with E-state index in [1.165, 1.54) is 7.05 Å². The van der Waals surface area contributed by atoms with Crippen LogP contribution in [0.2, 0.25) is 0 Å². The van der Waals surface area contributed by atoms with Crippen LogP contribution in [-0.2, 0) is 19.1 Å². The van der Waals surface area contributed by atoms with Crippen molar-refractivity contribution in [1.82, 2.24) is 5.06 Å². The molecule has 0 aromatic carbocycles. The van der Waals surface area contributed by atoms with E-state index in [1.54, 1.807) is 20.8 Å².